The van der Waals surface area contributed by atoms with Crippen LogP contribution in [0.1, 0.15) is 91.4 Å². The fourth-order valence-corrected chi connectivity index (χ4v) is 10.6. The molecule has 10 rings (SSSR count). The molecular formula is C51H52N8O7. The number of H-pyrrole nitrogens is 2. The number of piperidine rings is 1. The van der Waals surface area contributed by atoms with Gasteiger partial charge in [0.1, 0.15) is 23.7 Å². The molecule has 0 radical (unpaired) electrons. The van der Waals surface area contributed by atoms with Crippen LogP contribution in [0.5, 0.6) is 0 Å². The SMILES string of the molecule is COC(=O)N[C@H](C(=O)N1C(c2nc3c(ccc4cc(C#Cc5ccc(-c6cnc([C@@H]7CCCN7C(=O)[C@H](NC(=O)OC)c7ccccc7)[nH]6)cc5)ccc43)[nH]2)[C@H]2CC[C@@H]1C2)C1CCOCC1. The van der Waals surface area contributed by atoms with Gasteiger partial charge >= 0.3 is 12.2 Å². The number of likely N-dealkylation sites (tertiary alicyclic amines) is 2. The molecule has 4 amide bonds. The van der Waals surface area contributed by atoms with Crippen molar-refractivity contribution in [1.82, 2.24) is 40.4 Å². The predicted octanol–water partition coefficient (Wildman–Crippen LogP) is 7.47. The molecule has 2 aromatic heterocycles. The molecule has 2 bridgehead atoms. The molecule has 338 valence electrons. The summed E-state index contributed by atoms with van der Waals surface area (Å²) in [5, 5.41) is 7.60. The fraction of sp³-hybridized carbons (Fsp3) is 0.373. The highest BCUT2D eigenvalue weighted by Crippen LogP contribution is 2.50. The van der Waals surface area contributed by atoms with Gasteiger partial charge in [-0.3, -0.25) is 9.59 Å². The lowest BCUT2D eigenvalue weighted by Gasteiger charge is -2.39. The first kappa shape index (κ1) is 42.8. The van der Waals surface area contributed by atoms with Crippen LogP contribution in [0, 0.1) is 23.7 Å². The number of hydrogen-bond acceptors (Lipinski definition) is 9. The molecule has 15 heteroatoms. The fourth-order valence-electron chi connectivity index (χ4n) is 10.6. The van der Waals surface area contributed by atoms with Crippen LogP contribution in [0.2, 0.25) is 0 Å². The summed E-state index contributed by atoms with van der Waals surface area (Å²) in [6.45, 7) is 1.67. The maximum Gasteiger partial charge on any atom is 0.407 e. The van der Waals surface area contributed by atoms with Crippen molar-refractivity contribution >= 4 is 45.8 Å². The second kappa shape index (κ2) is 18.4. The Kier molecular flexibility index (Phi) is 11.9. The maximum atomic E-state index is 14.5. The van der Waals surface area contributed by atoms with Gasteiger partial charge in [-0.25, -0.2) is 19.6 Å². The Morgan fingerprint density at radius 2 is 1.56 bits per heavy atom. The van der Waals surface area contributed by atoms with E-state index in [1.54, 1.807) is 11.1 Å². The number of carbonyl (C=O) groups excluding carboxylic acids is 4. The van der Waals surface area contributed by atoms with Crippen molar-refractivity contribution in [2.24, 2.45) is 11.8 Å². The molecule has 15 nitrogen and oxygen atoms in total. The van der Waals surface area contributed by atoms with E-state index in [2.05, 4.69) is 50.6 Å². The lowest BCUT2D eigenvalue weighted by molar-refractivity contribution is -0.140. The minimum Gasteiger partial charge on any atom is -0.453 e. The van der Waals surface area contributed by atoms with Crippen LogP contribution < -0.4 is 10.6 Å². The second-order valence-corrected chi connectivity index (χ2v) is 17.7. The van der Waals surface area contributed by atoms with E-state index in [-0.39, 0.29) is 41.8 Å². The number of ether oxygens (including phenoxy) is 3. The molecule has 5 heterocycles. The molecule has 3 aliphatic heterocycles. The van der Waals surface area contributed by atoms with Crippen LogP contribution in [-0.2, 0) is 23.8 Å². The average Bonchev–Trinajstić information content (AvgIpc) is 4.23. The van der Waals surface area contributed by atoms with Crippen molar-refractivity contribution in [3.05, 3.63) is 119 Å². The van der Waals surface area contributed by atoms with E-state index in [1.807, 2.05) is 71.6 Å². The van der Waals surface area contributed by atoms with Gasteiger partial charge in [-0.15, -0.1) is 0 Å². The van der Waals surface area contributed by atoms with E-state index >= 15 is 0 Å². The number of nitrogens with zero attached hydrogens (tertiary/aromatic N) is 4. The van der Waals surface area contributed by atoms with Gasteiger partial charge in [-0.1, -0.05) is 66.4 Å². The Hall–Kier alpha value is -7.18. The first-order valence-corrected chi connectivity index (χ1v) is 22.8. The van der Waals surface area contributed by atoms with Crippen molar-refractivity contribution in [2.45, 2.75) is 75.2 Å². The molecule has 6 atom stereocenters. The number of nitrogens with one attached hydrogen (secondary N) is 4. The van der Waals surface area contributed by atoms with Crippen LogP contribution in [-0.4, -0.2) is 99.8 Å². The zero-order valence-electron chi connectivity index (χ0n) is 36.9. The van der Waals surface area contributed by atoms with Crippen LogP contribution in [0.3, 0.4) is 0 Å². The highest BCUT2D eigenvalue weighted by molar-refractivity contribution is 6.04. The van der Waals surface area contributed by atoms with Crippen LogP contribution in [0.25, 0.3) is 33.1 Å². The lowest BCUT2D eigenvalue weighted by Crippen LogP contribution is -2.55. The third-order valence-electron chi connectivity index (χ3n) is 13.9. The van der Waals surface area contributed by atoms with Crippen molar-refractivity contribution < 1.29 is 33.4 Å². The Labute approximate surface area is 382 Å². The number of aromatic amines is 2. The summed E-state index contributed by atoms with van der Waals surface area (Å²) in [7, 11) is 2.60. The van der Waals surface area contributed by atoms with Gasteiger partial charge in [0, 0.05) is 42.3 Å². The number of fused-ring (bicyclic) bond motifs is 5. The van der Waals surface area contributed by atoms with Crippen LogP contribution >= 0.6 is 0 Å². The molecule has 4 aliphatic rings. The number of amides is 4. The number of imidazole rings is 2. The minimum atomic E-state index is -0.887. The van der Waals surface area contributed by atoms with E-state index in [0.29, 0.717) is 44.0 Å². The van der Waals surface area contributed by atoms with Gasteiger partial charge in [-0.2, -0.15) is 0 Å². The zero-order valence-corrected chi connectivity index (χ0v) is 36.9. The average molecular weight is 889 g/mol. The molecule has 1 aliphatic carbocycles. The summed E-state index contributed by atoms with van der Waals surface area (Å²) >= 11 is 0. The molecule has 4 fully saturated rings. The quantitative estimate of drug-likeness (QED) is 0.107. The van der Waals surface area contributed by atoms with Crippen LogP contribution in [0.15, 0.2) is 91.1 Å². The van der Waals surface area contributed by atoms with Crippen molar-refractivity contribution in [3.8, 4) is 23.1 Å². The summed E-state index contributed by atoms with van der Waals surface area (Å²) in [5.74, 6) is 8.07. The van der Waals surface area contributed by atoms with Crippen molar-refractivity contribution in [3.63, 3.8) is 0 Å². The maximum absolute atomic E-state index is 14.5. The summed E-state index contributed by atoms with van der Waals surface area (Å²) in [5.41, 5.74) is 5.92. The molecular weight excluding hydrogens is 837 g/mol. The molecule has 6 aromatic rings. The standard InChI is InChI=1S/C51H52N8O7/c1-64-50(62)56-42(33-7-4-3-5-8-33)48(60)58-24-6-9-41(58)46-52-29-40(54-46)32-15-12-30(13-16-32)10-11-31-14-20-38-35(27-31)18-21-39-44(38)55-47(53-39)45-36-17-19-37(28-36)59(45)49(61)43(57-51(63)65-2)34-22-25-66-26-23-34/h3-5,7-8,12-16,18,20-21,27,29,34,36-37,41-43,45H,6,9,17,19,22-26,28H2,1-2H3,(H,52,54)(H,53,55)(H,56,62)(H,57,63)/t36-,37+,41-,42+,43-,45?/m0/s1. The first-order chi connectivity index (χ1) is 32.3. The van der Waals surface area contributed by atoms with E-state index in [1.165, 1.54) is 14.2 Å². The van der Waals surface area contributed by atoms with Gasteiger partial charge in [0.25, 0.3) is 5.91 Å². The minimum absolute atomic E-state index is 0.0350. The topological polar surface area (TPSA) is 184 Å². The van der Waals surface area contributed by atoms with E-state index < -0.39 is 24.3 Å². The molecule has 3 saturated heterocycles. The second-order valence-electron chi connectivity index (χ2n) is 17.7. The largest absolute Gasteiger partial charge is 0.453 e. The monoisotopic (exact) mass is 888 g/mol. The van der Waals surface area contributed by atoms with Crippen molar-refractivity contribution in [2.75, 3.05) is 34.0 Å². The molecule has 1 unspecified atom stereocenters. The number of aromatic nitrogens is 4. The third-order valence-corrected chi connectivity index (χ3v) is 13.9. The number of hydrogen-bond donors (Lipinski definition) is 4. The first-order valence-electron chi connectivity index (χ1n) is 22.8. The summed E-state index contributed by atoms with van der Waals surface area (Å²) in [4.78, 5) is 73.8. The smallest absolute Gasteiger partial charge is 0.407 e. The van der Waals surface area contributed by atoms with Gasteiger partial charge in [-0.05, 0) is 104 Å². The Balaban J connectivity index is 0.835. The summed E-state index contributed by atoms with van der Waals surface area (Å²) in [6, 6.07) is 25.4. The predicted molar refractivity (Wildman–Crippen MR) is 246 cm³/mol. The highest BCUT2D eigenvalue weighted by Gasteiger charge is 2.52. The van der Waals surface area contributed by atoms with E-state index in [9.17, 15) is 19.2 Å². The lowest BCUT2D eigenvalue weighted by atomic mass is 9.89. The number of carbonyl (C=O) groups is 4. The Morgan fingerprint density at radius 1 is 0.803 bits per heavy atom. The molecule has 0 spiro atoms. The van der Waals surface area contributed by atoms with Crippen LogP contribution in [0.4, 0.5) is 9.59 Å². The van der Waals surface area contributed by atoms with Gasteiger partial charge in [0.2, 0.25) is 5.91 Å². The Morgan fingerprint density at radius 3 is 2.35 bits per heavy atom. The highest BCUT2D eigenvalue weighted by atomic mass is 16.5. The normalized spacial score (nSPS) is 21.3. The van der Waals surface area contributed by atoms with Gasteiger partial charge in [0.15, 0.2) is 0 Å². The van der Waals surface area contributed by atoms with Crippen molar-refractivity contribution in [1.29, 1.82) is 0 Å². The van der Waals surface area contributed by atoms with E-state index in [4.69, 9.17) is 24.2 Å². The van der Waals surface area contributed by atoms with Gasteiger partial charge in [0.05, 0.1) is 49.2 Å². The number of rotatable bonds is 9. The third kappa shape index (κ3) is 8.33. The molecule has 4 aromatic carbocycles. The molecule has 4 N–H and O–H groups in total. The number of methoxy groups -OCH3 is 2. The number of alkyl carbamates (subject to hydrolysis) is 2. The summed E-state index contributed by atoms with van der Waals surface area (Å²) < 4.78 is 15.4. The molecule has 1 saturated carbocycles. The zero-order chi connectivity index (χ0) is 45.3. The summed E-state index contributed by atoms with van der Waals surface area (Å²) in [6.07, 6.45) is 6.34. The Bertz CT molecular complexity index is 2840. The van der Waals surface area contributed by atoms with Gasteiger partial charge < -0.3 is 44.6 Å². The molecule has 66 heavy (non-hydrogen) atoms. The number of benzene rings is 4. The van der Waals surface area contributed by atoms with E-state index in [0.717, 1.165) is 82.1 Å².